The van der Waals surface area contributed by atoms with Gasteiger partial charge in [-0.05, 0) is 37.5 Å². The first kappa shape index (κ1) is 30.5. The lowest BCUT2D eigenvalue weighted by molar-refractivity contribution is -0.137. The predicted molar refractivity (Wildman–Crippen MR) is 129 cm³/mol. The lowest BCUT2D eigenvalue weighted by Gasteiger charge is -2.51. The molecule has 0 spiro atoms. The van der Waals surface area contributed by atoms with Crippen molar-refractivity contribution in [3.05, 3.63) is 34.3 Å². The summed E-state index contributed by atoms with van der Waals surface area (Å²) < 4.78 is 122. The van der Waals surface area contributed by atoms with Crippen molar-refractivity contribution in [3.63, 3.8) is 0 Å². The van der Waals surface area contributed by atoms with Gasteiger partial charge in [0.15, 0.2) is 5.78 Å². The Balaban J connectivity index is 1.45. The summed E-state index contributed by atoms with van der Waals surface area (Å²) in [5.74, 6) is -6.49. The van der Waals surface area contributed by atoms with Crippen LogP contribution in [-0.4, -0.2) is 84.4 Å². The van der Waals surface area contributed by atoms with Crippen LogP contribution in [0, 0.1) is 0 Å². The molecular formula is C24H29ClF7N3O3S. The van der Waals surface area contributed by atoms with Crippen molar-refractivity contribution in [2.45, 2.75) is 68.5 Å². The fraction of sp³-hybridized carbons (Fsp3) is 0.708. The molecule has 1 saturated carbocycles. The quantitative estimate of drug-likeness (QED) is 0.305. The third-order valence-corrected chi connectivity index (χ3v) is 10.3. The molecule has 0 atom stereocenters. The van der Waals surface area contributed by atoms with E-state index in [-0.39, 0.29) is 69.0 Å². The third-order valence-electron chi connectivity index (χ3n) is 8.02. The van der Waals surface area contributed by atoms with E-state index >= 15 is 0 Å². The predicted octanol–water partition coefficient (Wildman–Crippen LogP) is 5.47. The van der Waals surface area contributed by atoms with Crippen molar-refractivity contribution in [1.82, 2.24) is 13.5 Å². The molecule has 39 heavy (non-hydrogen) atoms. The van der Waals surface area contributed by atoms with Gasteiger partial charge in [-0.3, -0.25) is 9.69 Å². The Hall–Kier alpha value is -1.48. The van der Waals surface area contributed by atoms with Crippen molar-refractivity contribution >= 4 is 27.6 Å². The van der Waals surface area contributed by atoms with Gasteiger partial charge in [-0.15, -0.1) is 0 Å². The van der Waals surface area contributed by atoms with E-state index in [4.69, 9.17) is 11.6 Å². The van der Waals surface area contributed by atoms with E-state index in [1.165, 1.54) is 0 Å². The zero-order valence-corrected chi connectivity index (χ0v) is 22.5. The summed E-state index contributed by atoms with van der Waals surface area (Å²) in [5, 5.41) is -0.356. The summed E-state index contributed by atoms with van der Waals surface area (Å²) in [6, 6.07) is 2.42. The highest BCUT2D eigenvalue weighted by molar-refractivity contribution is 7.86. The molecule has 0 radical (unpaired) electrons. The molecule has 0 N–H and O–H groups in total. The van der Waals surface area contributed by atoms with Crippen LogP contribution in [0.5, 0.6) is 0 Å². The fourth-order valence-electron chi connectivity index (χ4n) is 5.66. The van der Waals surface area contributed by atoms with E-state index in [1.54, 1.807) is 0 Å². The van der Waals surface area contributed by atoms with Gasteiger partial charge in [0.1, 0.15) is 0 Å². The van der Waals surface area contributed by atoms with Crippen LogP contribution in [0.1, 0.15) is 60.9 Å². The van der Waals surface area contributed by atoms with Gasteiger partial charge in [-0.25, -0.2) is 17.6 Å². The average molecular weight is 608 g/mol. The minimum atomic E-state index is -4.63. The second-order valence-electron chi connectivity index (χ2n) is 10.5. The largest absolute Gasteiger partial charge is 0.416 e. The van der Waals surface area contributed by atoms with Crippen LogP contribution in [0.15, 0.2) is 18.2 Å². The Bertz CT molecular complexity index is 1180. The molecule has 1 aromatic carbocycles. The number of alkyl halides is 7. The smallest absolute Gasteiger partial charge is 0.295 e. The fourth-order valence-corrected chi connectivity index (χ4v) is 7.57. The summed E-state index contributed by atoms with van der Waals surface area (Å²) in [6.45, 7) is -0.913. The Labute approximate surface area is 227 Å². The van der Waals surface area contributed by atoms with Crippen LogP contribution in [-0.2, 0) is 16.4 Å². The highest BCUT2D eigenvalue weighted by Crippen LogP contribution is 2.45. The molecule has 1 aromatic rings. The van der Waals surface area contributed by atoms with Gasteiger partial charge in [0.25, 0.3) is 16.1 Å². The molecule has 3 aliphatic rings. The number of rotatable bonds is 7. The molecule has 1 aliphatic carbocycles. The molecule has 3 fully saturated rings. The van der Waals surface area contributed by atoms with Gasteiger partial charge >= 0.3 is 6.18 Å². The molecule has 2 saturated heterocycles. The molecule has 15 heteroatoms. The van der Waals surface area contributed by atoms with E-state index in [1.807, 2.05) is 4.90 Å². The van der Waals surface area contributed by atoms with Crippen LogP contribution in [0.4, 0.5) is 30.7 Å². The first-order valence-electron chi connectivity index (χ1n) is 12.6. The van der Waals surface area contributed by atoms with Crippen molar-refractivity contribution in [2.75, 3.05) is 39.3 Å². The Morgan fingerprint density at radius 2 is 1.49 bits per heavy atom. The zero-order valence-electron chi connectivity index (χ0n) is 20.9. The highest BCUT2D eigenvalue weighted by atomic mass is 35.5. The molecule has 0 unspecified atom stereocenters. The van der Waals surface area contributed by atoms with Crippen molar-refractivity contribution < 1.29 is 43.9 Å². The van der Waals surface area contributed by atoms with E-state index in [0.29, 0.717) is 6.07 Å². The van der Waals surface area contributed by atoms with Crippen molar-refractivity contribution in [2.24, 2.45) is 0 Å². The molecule has 2 aliphatic heterocycles. The van der Waals surface area contributed by atoms with Gasteiger partial charge in [0.2, 0.25) is 5.92 Å². The summed E-state index contributed by atoms with van der Waals surface area (Å²) in [6.07, 6.45) is -5.98. The van der Waals surface area contributed by atoms with Crippen LogP contribution >= 0.6 is 11.6 Å². The number of carbonyl (C=O) groups is 1. The number of halogens is 8. The molecule has 4 rings (SSSR count). The third kappa shape index (κ3) is 6.71. The van der Waals surface area contributed by atoms with Crippen LogP contribution in [0.2, 0.25) is 5.02 Å². The summed E-state index contributed by atoms with van der Waals surface area (Å²) >= 11 is 5.96. The van der Waals surface area contributed by atoms with E-state index in [2.05, 4.69) is 0 Å². The molecule has 2 heterocycles. The van der Waals surface area contributed by atoms with E-state index < -0.39 is 70.9 Å². The van der Waals surface area contributed by atoms with Crippen LogP contribution in [0.3, 0.4) is 0 Å². The molecule has 0 aromatic heterocycles. The second-order valence-corrected chi connectivity index (χ2v) is 12.9. The molecule has 220 valence electrons. The van der Waals surface area contributed by atoms with Gasteiger partial charge in [-0.2, -0.15) is 30.2 Å². The first-order valence-corrected chi connectivity index (χ1v) is 14.4. The maximum atomic E-state index is 14.1. The van der Waals surface area contributed by atoms with Crippen LogP contribution < -0.4 is 0 Å². The number of ketones is 1. The summed E-state index contributed by atoms with van der Waals surface area (Å²) in [5.41, 5.74) is -1.95. The number of nitrogens with zero attached hydrogens (tertiary/aromatic N) is 3. The Morgan fingerprint density at radius 1 is 0.872 bits per heavy atom. The first-order chi connectivity index (χ1) is 17.9. The normalized spacial score (nSPS) is 24.6. The molecule has 0 amide bonds. The minimum absolute atomic E-state index is 0.0266. The second kappa shape index (κ2) is 10.7. The number of Topliss-reactive ketones (excluding diaryl/α,β-unsaturated/α-hetero) is 1. The molecule has 0 bridgehead atoms. The standard InChI is InChI=1S/C24H29ClF7N3O3S/c25-19-15-17(24(30,31)32)1-2-18(19)20(36)3-4-21(5-7-22(26,27)8-6-21)33-11-13-34(14-12-33)39(37,38)35-10-9-23(28,29)16-35/h1-2,15H,3-14,16H2. The van der Waals surface area contributed by atoms with E-state index in [0.717, 1.165) is 20.7 Å². The highest BCUT2D eigenvalue weighted by Gasteiger charge is 2.49. The lowest BCUT2D eigenvalue weighted by atomic mass is 9.74. The zero-order chi connectivity index (χ0) is 28.9. The maximum Gasteiger partial charge on any atom is 0.416 e. The van der Waals surface area contributed by atoms with Gasteiger partial charge < -0.3 is 0 Å². The Morgan fingerprint density at radius 3 is 2.00 bits per heavy atom. The monoisotopic (exact) mass is 607 g/mol. The van der Waals surface area contributed by atoms with Crippen molar-refractivity contribution in [1.29, 1.82) is 0 Å². The van der Waals surface area contributed by atoms with Gasteiger partial charge in [-0.1, -0.05) is 11.6 Å². The van der Waals surface area contributed by atoms with E-state index in [9.17, 15) is 43.9 Å². The minimum Gasteiger partial charge on any atom is -0.295 e. The lowest BCUT2D eigenvalue weighted by Crippen LogP contribution is -2.61. The molecule has 6 nitrogen and oxygen atoms in total. The number of carbonyl (C=O) groups excluding carboxylic acids is 1. The molecular weight excluding hydrogens is 579 g/mol. The number of piperazine rings is 1. The number of benzene rings is 1. The maximum absolute atomic E-state index is 14.1. The van der Waals surface area contributed by atoms with Crippen LogP contribution in [0.25, 0.3) is 0 Å². The van der Waals surface area contributed by atoms with Crippen molar-refractivity contribution in [3.8, 4) is 0 Å². The summed E-state index contributed by atoms with van der Waals surface area (Å²) in [7, 11) is -4.11. The van der Waals surface area contributed by atoms with Gasteiger partial charge in [0.05, 0.1) is 17.1 Å². The summed E-state index contributed by atoms with van der Waals surface area (Å²) in [4.78, 5) is 14.8. The Kier molecular flexibility index (Phi) is 8.39. The number of hydrogen-bond donors (Lipinski definition) is 0. The topological polar surface area (TPSA) is 60.9 Å². The van der Waals surface area contributed by atoms with Gasteiger partial charge in [0, 0.05) is 69.5 Å². The SMILES string of the molecule is O=C(CCC1(N2CCN(S(=O)(=O)N3CCC(F)(F)C3)CC2)CCC(F)(F)CC1)c1ccc(C(F)(F)F)cc1Cl. The number of hydrogen-bond acceptors (Lipinski definition) is 4. The average Bonchev–Trinajstić information content (AvgIpc) is 3.23.